The second-order valence-corrected chi connectivity index (χ2v) is 5.35. The average molecular weight is 263 g/mol. The van der Waals surface area contributed by atoms with Crippen molar-refractivity contribution in [1.82, 2.24) is 4.98 Å². The molecular weight excluding hydrogens is 238 g/mol. The van der Waals surface area contributed by atoms with Gasteiger partial charge in [-0.15, -0.1) is 0 Å². The maximum Gasteiger partial charge on any atom is 0.238 e. The van der Waals surface area contributed by atoms with Gasteiger partial charge in [-0.25, -0.2) is 0 Å². The maximum absolute atomic E-state index is 5.79. The van der Waals surface area contributed by atoms with E-state index in [1.807, 2.05) is 12.1 Å². The summed E-state index contributed by atoms with van der Waals surface area (Å²) < 4.78 is 5.17. The number of nitrogens with two attached hydrogens (primary N) is 1. The van der Waals surface area contributed by atoms with Gasteiger partial charge in [-0.3, -0.25) is 0 Å². The summed E-state index contributed by atoms with van der Waals surface area (Å²) in [6.07, 6.45) is 7.90. The lowest BCUT2D eigenvalue weighted by Crippen LogP contribution is -2.30. The Kier molecular flexibility index (Phi) is 4.88. The molecule has 0 bridgehead atoms. The second-order valence-electron chi connectivity index (χ2n) is 5.35. The number of anilines is 2. The highest BCUT2D eigenvalue weighted by Crippen LogP contribution is 2.30. The minimum atomic E-state index is 0.501. The van der Waals surface area contributed by atoms with Crippen molar-refractivity contribution in [1.29, 1.82) is 0 Å². The molecule has 4 nitrogen and oxygen atoms in total. The van der Waals surface area contributed by atoms with Crippen LogP contribution in [0.5, 0.6) is 5.88 Å². The number of hydrogen-bond donors (Lipinski definition) is 2. The Labute approximate surface area is 115 Å². The van der Waals surface area contributed by atoms with Crippen molar-refractivity contribution in [3.05, 3.63) is 12.1 Å². The fraction of sp³-hybridized carbons (Fsp3) is 0.667. The van der Waals surface area contributed by atoms with Crippen LogP contribution in [0.3, 0.4) is 0 Å². The van der Waals surface area contributed by atoms with E-state index < -0.39 is 0 Å². The number of aromatic nitrogens is 1. The van der Waals surface area contributed by atoms with Crippen molar-refractivity contribution in [3.8, 4) is 5.88 Å². The molecule has 0 aromatic carbocycles. The molecule has 1 atom stereocenters. The summed E-state index contributed by atoms with van der Waals surface area (Å²) in [5.41, 5.74) is 6.37. The summed E-state index contributed by atoms with van der Waals surface area (Å²) in [7, 11) is 1.60. The van der Waals surface area contributed by atoms with E-state index in [4.69, 9.17) is 10.5 Å². The van der Waals surface area contributed by atoms with Crippen LogP contribution in [0, 0.1) is 5.92 Å². The average Bonchev–Trinajstić information content (AvgIpc) is 2.47. The Morgan fingerprint density at radius 2 is 2.11 bits per heavy atom. The molecule has 4 heteroatoms. The van der Waals surface area contributed by atoms with Gasteiger partial charge in [0.1, 0.15) is 5.82 Å². The first-order valence-electron chi connectivity index (χ1n) is 7.31. The van der Waals surface area contributed by atoms with E-state index >= 15 is 0 Å². The van der Waals surface area contributed by atoms with E-state index in [9.17, 15) is 0 Å². The van der Waals surface area contributed by atoms with Crippen LogP contribution in [0.4, 0.5) is 11.5 Å². The van der Waals surface area contributed by atoms with Gasteiger partial charge >= 0.3 is 0 Å². The molecule has 0 radical (unpaired) electrons. The first kappa shape index (κ1) is 14.0. The molecule has 0 saturated heterocycles. The van der Waals surface area contributed by atoms with E-state index in [-0.39, 0.29) is 0 Å². The largest absolute Gasteiger partial charge is 0.479 e. The minimum Gasteiger partial charge on any atom is -0.479 e. The molecule has 19 heavy (non-hydrogen) atoms. The van der Waals surface area contributed by atoms with Gasteiger partial charge in [-0.1, -0.05) is 26.2 Å². The van der Waals surface area contributed by atoms with Gasteiger partial charge in [0.05, 0.1) is 12.8 Å². The Hall–Kier alpha value is -1.45. The number of pyridine rings is 1. The highest BCUT2D eigenvalue weighted by molar-refractivity contribution is 5.53. The molecule has 3 N–H and O–H groups in total. The summed E-state index contributed by atoms with van der Waals surface area (Å²) >= 11 is 0. The predicted molar refractivity (Wildman–Crippen MR) is 79.5 cm³/mol. The first-order chi connectivity index (χ1) is 9.24. The maximum atomic E-state index is 5.79. The van der Waals surface area contributed by atoms with Gasteiger partial charge < -0.3 is 15.8 Å². The molecule has 2 rings (SSSR count). The SMILES string of the molecule is CCC(Nc1ccc(N)c(OC)n1)C1CCCCC1. The first-order valence-corrected chi connectivity index (χ1v) is 7.31. The van der Waals surface area contributed by atoms with Gasteiger partial charge in [0.25, 0.3) is 0 Å². The lowest BCUT2D eigenvalue weighted by molar-refractivity contribution is 0.312. The zero-order valence-electron chi connectivity index (χ0n) is 12.0. The molecular formula is C15H25N3O. The molecule has 0 amide bonds. The summed E-state index contributed by atoms with van der Waals surface area (Å²) in [6, 6.07) is 4.28. The fourth-order valence-corrected chi connectivity index (χ4v) is 2.97. The normalized spacial score (nSPS) is 18.0. The number of nitrogens with one attached hydrogen (secondary N) is 1. The third-order valence-corrected chi connectivity index (χ3v) is 4.08. The number of rotatable bonds is 5. The van der Waals surface area contributed by atoms with Crippen molar-refractivity contribution < 1.29 is 4.74 Å². The van der Waals surface area contributed by atoms with Crippen molar-refractivity contribution in [2.24, 2.45) is 5.92 Å². The summed E-state index contributed by atoms with van der Waals surface area (Å²) in [4.78, 5) is 4.42. The van der Waals surface area contributed by atoms with Gasteiger partial charge in [-0.2, -0.15) is 4.98 Å². The number of hydrogen-bond acceptors (Lipinski definition) is 4. The summed E-state index contributed by atoms with van der Waals surface area (Å²) in [6.45, 7) is 2.24. The van der Waals surface area contributed by atoms with Gasteiger partial charge in [-0.05, 0) is 37.3 Å². The van der Waals surface area contributed by atoms with E-state index in [1.54, 1.807) is 7.11 Å². The fourth-order valence-electron chi connectivity index (χ4n) is 2.97. The summed E-state index contributed by atoms with van der Waals surface area (Å²) in [5, 5.41) is 3.55. The Morgan fingerprint density at radius 3 is 2.74 bits per heavy atom. The third kappa shape index (κ3) is 3.52. The van der Waals surface area contributed by atoms with Crippen LogP contribution in [0.25, 0.3) is 0 Å². The van der Waals surface area contributed by atoms with E-state index in [0.29, 0.717) is 17.6 Å². The second kappa shape index (κ2) is 6.64. The predicted octanol–water partition coefficient (Wildman–Crippen LogP) is 3.44. The zero-order chi connectivity index (χ0) is 13.7. The zero-order valence-corrected chi connectivity index (χ0v) is 12.0. The number of methoxy groups -OCH3 is 1. The lowest BCUT2D eigenvalue weighted by Gasteiger charge is -2.30. The molecule has 1 aromatic rings. The van der Waals surface area contributed by atoms with Crippen molar-refractivity contribution >= 4 is 11.5 Å². The van der Waals surface area contributed by atoms with Gasteiger partial charge in [0.2, 0.25) is 5.88 Å². The lowest BCUT2D eigenvalue weighted by atomic mass is 9.83. The van der Waals surface area contributed by atoms with Crippen molar-refractivity contribution in [2.45, 2.75) is 51.5 Å². The number of nitrogen functional groups attached to an aromatic ring is 1. The Morgan fingerprint density at radius 1 is 1.37 bits per heavy atom. The number of nitrogens with zero attached hydrogens (tertiary/aromatic N) is 1. The molecule has 1 aliphatic rings. The Balaban J connectivity index is 2.04. The smallest absolute Gasteiger partial charge is 0.238 e. The van der Waals surface area contributed by atoms with Crippen LogP contribution in [-0.2, 0) is 0 Å². The molecule has 1 saturated carbocycles. The van der Waals surface area contributed by atoms with E-state index in [1.165, 1.54) is 32.1 Å². The molecule has 1 fully saturated rings. The van der Waals surface area contributed by atoms with Crippen LogP contribution in [0.1, 0.15) is 45.4 Å². The van der Waals surface area contributed by atoms with Crippen LogP contribution in [0.2, 0.25) is 0 Å². The molecule has 1 heterocycles. The van der Waals surface area contributed by atoms with Crippen LogP contribution in [0.15, 0.2) is 12.1 Å². The van der Waals surface area contributed by atoms with Crippen LogP contribution < -0.4 is 15.8 Å². The van der Waals surface area contributed by atoms with Crippen molar-refractivity contribution in [2.75, 3.05) is 18.2 Å². The minimum absolute atomic E-state index is 0.501. The molecule has 1 unspecified atom stereocenters. The standard InChI is InChI=1S/C15H25N3O/c1-3-13(11-7-5-4-6-8-11)17-14-10-9-12(16)15(18-14)19-2/h9-11,13H,3-8,16H2,1-2H3,(H,17,18). The van der Waals surface area contributed by atoms with Crippen molar-refractivity contribution in [3.63, 3.8) is 0 Å². The number of ether oxygens (including phenoxy) is 1. The molecule has 1 aromatic heterocycles. The monoisotopic (exact) mass is 263 g/mol. The highest BCUT2D eigenvalue weighted by Gasteiger charge is 2.22. The van der Waals surface area contributed by atoms with Crippen LogP contribution >= 0.6 is 0 Å². The van der Waals surface area contributed by atoms with Crippen LogP contribution in [-0.4, -0.2) is 18.1 Å². The Bertz CT molecular complexity index is 402. The summed E-state index contributed by atoms with van der Waals surface area (Å²) in [5.74, 6) is 2.14. The molecule has 106 valence electrons. The molecule has 0 aliphatic heterocycles. The highest BCUT2D eigenvalue weighted by atomic mass is 16.5. The molecule has 1 aliphatic carbocycles. The van der Waals surface area contributed by atoms with Gasteiger partial charge in [0.15, 0.2) is 0 Å². The van der Waals surface area contributed by atoms with E-state index in [2.05, 4.69) is 17.2 Å². The van der Waals surface area contributed by atoms with E-state index in [0.717, 1.165) is 18.2 Å². The van der Waals surface area contributed by atoms with Gasteiger partial charge in [0, 0.05) is 6.04 Å². The molecule has 0 spiro atoms. The quantitative estimate of drug-likeness (QED) is 0.854. The topological polar surface area (TPSA) is 60.2 Å². The third-order valence-electron chi connectivity index (χ3n) is 4.08.